The van der Waals surface area contributed by atoms with E-state index in [9.17, 15) is 10.1 Å². The number of nitrogens with zero attached hydrogens (tertiary/aromatic N) is 3. The fourth-order valence-corrected chi connectivity index (χ4v) is 3.13. The van der Waals surface area contributed by atoms with Crippen LogP contribution in [0.4, 0.5) is 11.4 Å². The van der Waals surface area contributed by atoms with E-state index in [0.29, 0.717) is 6.54 Å². The van der Waals surface area contributed by atoms with Gasteiger partial charge in [-0.15, -0.1) is 11.3 Å². The maximum Gasteiger partial charge on any atom is 0.269 e. The molecule has 6 heteroatoms. The SMILES string of the molecule is CN(Cc1nc2ccccc2s1)c1ccc([N+](=O)[O-])cc1. The molecule has 0 aliphatic rings. The number of hydrogen-bond donors (Lipinski definition) is 0. The first-order valence-corrected chi connectivity index (χ1v) is 7.25. The lowest BCUT2D eigenvalue weighted by atomic mass is 10.2. The number of para-hydroxylation sites is 1. The van der Waals surface area contributed by atoms with Crippen molar-refractivity contribution >= 4 is 32.9 Å². The largest absolute Gasteiger partial charge is 0.368 e. The Bertz CT molecular complexity index is 750. The molecular weight excluding hydrogens is 286 g/mol. The second kappa shape index (κ2) is 5.49. The van der Waals surface area contributed by atoms with Crippen LogP contribution in [-0.4, -0.2) is 17.0 Å². The number of nitro benzene ring substituents is 1. The van der Waals surface area contributed by atoms with Gasteiger partial charge in [0.05, 0.1) is 21.7 Å². The van der Waals surface area contributed by atoms with Crippen LogP contribution in [-0.2, 0) is 6.54 Å². The lowest BCUT2D eigenvalue weighted by Gasteiger charge is -2.17. The summed E-state index contributed by atoms with van der Waals surface area (Å²) in [5, 5.41) is 11.7. The third-order valence-electron chi connectivity index (χ3n) is 3.21. The minimum atomic E-state index is -0.392. The van der Waals surface area contributed by atoms with E-state index in [1.807, 2.05) is 30.1 Å². The molecule has 0 amide bonds. The van der Waals surface area contributed by atoms with Crippen LogP contribution < -0.4 is 4.90 Å². The smallest absolute Gasteiger partial charge is 0.269 e. The Labute approximate surface area is 125 Å². The number of benzene rings is 2. The highest BCUT2D eigenvalue weighted by Crippen LogP contribution is 2.25. The summed E-state index contributed by atoms with van der Waals surface area (Å²) in [6.45, 7) is 0.678. The third-order valence-corrected chi connectivity index (χ3v) is 4.23. The lowest BCUT2D eigenvalue weighted by Crippen LogP contribution is -2.15. The van der Waals surface area contributed by atoms with Crippen molar-refractivity contribution in [1.82, 2.24) is 4.98 Å². The molecule has 0 bridgehead atoms. The summed E-state index contributed by atoms with van der Waals surface area (Å²) in [5.74, 6) is 0. The molecule has 0 saturated heterocycles. The highest BCUT2D eigenvalue weighted by atomic mass is 32.1. The lowest BCUT2D eigenvalue weighted by molar-refractivity contribution is -0.384. The number of aromatic nitrogens is 1. The molecule has 0 atom stereocenters. The highest BCUT2D eigenvalue weighted by molar-refractivity contribution is 7.18. The molecule has 0 radical (unpaired) electrons. The molecule has 0 fully saturated rings. The summed E-state index contributed by atoms with van der Waals surface area (Å²) in [6.07, 6.45) is 0. The van der Waals surface area contributed by atoms with Gasteiger partial charge in [-0.1, -0.05) is 12.1 Å². The maximum atomic E-state index is 10.7. The van der Waals surface area contributed by atoms with Crippen LogP contribution in [0, 0.1) is 10.1 Å². The Morgan fingerprint density at radius 3 is 2.57 bits per heavy atom. The predicted molar refractivity (Wildman–Crippen MR) is 84.8 cm³/mol. The standard InChI is InChI=1S/C15H13N3O2S/c1-17(11-6-8-12(9-7-11)18(19)20)10-15-16-13-4-2-3-5-14(13)21-15/h2-9H,10H2,1H3. The topological polar surface area (TPSA) is 59.3 Å². The van der Waals surface area contributed by atoms with Crippen molar-refractivity contribution < 1.29 is 4.92 Å². The van der Waals surface area contributed by atoms with Gasteiger partial charge in [-0.3, -0.25) is 10.1 Å². The van der Waals surface area contributed by atoms with E-state index in [0.717, 1.165) is 16.2 Å². The number of non-ortho nitro benzene ring substituents is 1. The number of nitro groups is 1. The molecule has 106 valence electrons. The zero-order chi connectivity index (χ0) is 14.8. The number of anilines is 1. The predicted octanol–water partition coefficient (Wildman–Crippen LogP) is 3.84. The van der Waals surface area contributed by atoms with E-state index in [2.05, 4.69) is 11.1 Å². The average molecular weight is 299 g/mol. The second-order valence-electron chi connectivity index (χ2n) is 4.70. The Morgan fingerprint density at radius 2 is 1.90 bits per heavy atom. The third kappa shape index (κ3) is 2.85. The Hall–Kier alpha value is -2.47. The molecule has 0 aliphatic heterocycles. The van der Waals surface area contributed by atoms with Gasteiger partial charge in [-0.05, 0) is 24.3 Å². The van der Waals surface area contributed by atoms with Crippen LogP contribution >= 0.6 is 11.3 Å². The number of fused-ring (bicyclic) bond motifs is 1. The Kier molecular flexibility index (Phi) is 3.53. The van der Waals surface area contributed by atoms with Gasteiger partial charge in [0, 0.05) is 24.9 Å². The molecule has 1 aromatic heterocycles. The van der Waals surface area contributed by atoms with Crippen LogP contribution in [0.25, 0.3) is 10.2 Å². The quantitative estimate of drug-likeness (QED) is 0.542. The van der Waals surface area contributed by atoms with Gasteiger partial charge in [0.1, 0.15) is 5.01 Å². The number of rotatable bonds is 4. The highest BCUT2D eigenvalue weighted by Gasteiger charge is 2.09. The van der Waals surface area contributed by atoms with E-state index < -0.39 is 4.92 Å². The molecule has 3 aromatic rings. The molecule has 3 rings (SSSR count). The van der Waals surface area contributed by atoms with Crippen molar-refractivity contribution in [2.24, 2.45) is 0 Å². The summed E-state index contributed by atoms with van der Waals surface area (Å²) in [6, 6.07) is 14.6. The van der Waals surface area contributed by atoms with E-state index in [1.54, 1.807) is 23.5 Å². The molecule has 0 N–H and O–H groups in total. The fourth-order valence-electron chi connectivity index (χ4n) is 2.11. The molecule has 21 heavy (non-hydrogen) atoms. The molecule has 0 aliphatic carbocycles. The van der Waals surface area contributed by atoms with Crippen molar-refractivity contribution in [3.05, 3.63) is 63.7 Å². The van der Waals surface area contributed by atoms with Gasteiger partial charge < -0.3 is 4.90 Å². The Balaban J connectivity index is 1.78. The molecular formula is C15H13N3O2S. The zero-order valence-electron chi connectivity index (χ0n) is 11.4. The van der Waals surface area contributed by atoms with Gasteiger partial charge >= 0.3 is 0 Å². The molecule has 5 nitrogen and oxygen atoms in total. The van der Waals surface area contributed by atoms with Crippen molar-refractivity contribution in [3.63, 3.8) is 0 Å². The van der Waals surface area contributed by atoms with E-state index in [4.69, 9.17) is 0 Å². The van der Waals surface area contributed by atoms with Crippen molar-refractivity contribution in [3.8, 4) is 0 Å². The first kappa shape index (κ1) is 13.5. The van der Waals surface area contributed by atoms with Crippen LogP contribution in [0.2, 0.25) is 0 Å². The summed E-state index contributed by atoms with van der Waals surface area (Å²) >= 11 is 1.67. The zero-order valence-corrected chi connectivity index (χ0v) is 12.2. The van der Waals surface area contributed by atoms with Crippen LogP contribution in [0.5, 0.6) is 0 Å². The molecule has 0 spiro atoms. The van der Waals surface area contributed by atoms with E-state index in [1.165, 1.54) is 16.8 Å². The first-order valence-electron chi connectivity index (χ1n) is 6.43. The van der Waals surface area contributed by atoms with Crippen LogP contribution in [0.1, 0.15) is 5.01 Å². The first-order chi connectivity index (χ1) is 10.1. The summed E-state index contributed by atoms with van der Waals surface area (Å²) < 4.78 is 1.17. The van der Waals surface area contributed by atoms with Gasteiger partial charge in [0.2, 0.25) is 0 Å². The number of thiazole rings is 1. The molecule has 0 saturated carbocycles. The minimum Gasteiger partial charge on any atom is -0.368 e. The van der Waals surface area contributed by atoms with Gasteiger partial charge in [0.25, 0.3) is 5.69 Å². The second-order valence-corrected chi connectivity index (χ2v) is 5.82. The van der Waals surface area contributed by atoms with E-state index in [-0.39, 0.29) is 5.69 Å². The fraction of sp³-hybridized carbons (Fsp3) is 0.133. The van der Waals surface area contributed by atoms with Crippen molar-refractivity contribution in [1.29, 1.82) is 0 Å². The maximum absolute atomic E-state index is 10.7. The van der Waals surface area contributed by atoms with Crippen LogP contribution in [0.3, 0.4) is 0 Å². The van der Waals surface area contributed by atoms with Gasteiger partial charge in [-0.25, -0.2) is 4.98 Å². The van der Waals surface area contributed by atoms with E-state index >= 15 is 0 Å². The normalized spacial score (nSPS) is 10.7. The van der Waals surface area contributed by atoms with Crippen molar-refractivity contribution in [2.75, 3.05) is 11.9 Å². The molecule has 1 heterocycles. The molecule has 2 aromatic carbocycles. The summed E-state index contributed by atoms with van der Waals surface area (Å²) in [5.41, 5.74) is 2.04. The van der Waals surface area contributed by atoms with Crippen molar-refractivity contribution in [2.45, 2.75) is 6.54 Å². The average Bonchev–Trinajstić information content (AvgIpc) is 2.89. The monoisotopic (exact) mass is 299 g/mol. The number of hydrogen-bond acceptors (Lipinski definition) is 5. The van der Waals surface area contributed by atoms with Crippen LogP contribution in [0.15, 0.2) is 48.5 Å². The summed E-state index contributed by atoms with van der Waals surface area (Å²) in [7, 11) is 1.95. The summed E-state index contributed by atoms with van der Waals surface area (Å²) in [4.78, 5) is 16.9. The van der Waals surface area contributed by atoms with Gasteiger partial charge in [-0.2, -0.15) is 0 Å². The molecule has 0 unspecified atom stereocenters. The minimum absolute atomic E-state index is 0.104. The Morgan fingerprint density at radius 1 is 1.19 bits per heavy atom. The van der Waals surface area contributed by atoms with Gasteiger partial charge in [0.15, 0.2) is 0 Å².